The summed E-state index contributed by atoms with van der Waals surface area (Å²) in [4.78, 5) is 17.7. The van der Waals surface area contributed by atoms with E-state index in [1.807, 2.05) is 0 Å². The lowest BCUT2D eigenvalue weighted by molar-refractivity contribution is 0.0780. The van der Waals surface area contributed by atoms with Gasteiger partial charge in [-0.25, -0.2) is 0 Å². The van der Waals surface area contributed by atoms with Gasteiger partial charge in [-0.15, -0.1) is 12.4 Å². The summed E-state index contributed by atoms with van der Waals surface area (Å²) in [6.07, 6.45) is 0. The molecule has 1 aromatic heterocycles. The number of rotatable bonds is 3. The quantitative estimate of drug-likeness (QED) is 0.865. The number of nitrogen functional groups attached to an aromatic ring is 1. The molecule has 1 heterocycles. The SMILES string of the molecule is Cc1nc(CN(C)C(=O)c2cccc(N)c2)no1.Cl. The molecule has 0 bridgehead atoms. The Hall–Kier alpha value is -2.08. The first-order chi connectivity index (χ1) is 8.56. The third-order valence-electron chi connectivity index (χ3n) is 2.43. The molecule has 2 aromatic rings. The van der Waals surface area contributed by atoms with Crippen molar-refractivity contribution < 1.29 is 9.32 Å². The maximum absolute atomic E-state index is 12.1. The van der Waals surface area contributed by atoms with Crippen molar-refractivity contribution in [2.24, 2.45) is 0 Å². The number of benzene rings is 1. The van der Waals surface area contributed by atoms with Crippen LogP contribution < -0.4 is 5.73 Å². The summed E-state index contributed by atoms with van der Waals surface area (Å²) < 4.78 is 4.85. The number of nitrogens with zero attached hydrogens (tertiary/aromatic N) is 3. The third-order valence-corrected chi connectivity index (χ3v) is 2.43. The largest absolute Gasteiger partial charge is 0.399 e. The Balaban J connectivity index is 0.00000180. The predicted octanol–water partition coefficient (Wildman–Crippen LogP) is 1.65. The molecule has 0 spiro atoms. The number of halogens is 1. The van der Waals surface area contributed by atoms with Crippen LogP contribution in [0.15, 0.2) is 28.8 Å². The zero-order valence-electron chi connectivity index (χ0n) is 10.7. The number of amides is 1. The van der Waals surface area contributed by atoms with Crippen molar-refractivity contribution in [2.45, 2.75) is 13.5 Å². The van der Waals surface area contributed by atoms with E-state index >= 15 is 0 Å². The minimum atomic E-state index is -0.134. The highest BCUT2D eigenvalue weighted by molar-refractivity contribution is 5.94. The van der Waals surface area contributed by atoms with Crippen LogP contribution in [0.5, 0.6) is 0 Å². The minimum absolute atomic E-state index is 0. The molecule has 0 unspecified atom stereocenters. The normalized spacial score (nSPS) is 9.79. The van der Waals surface area contributed by atoms with Crippen LogP contribution in [-0.4, -0.2) is 28.0 Å². The fourth-order valence-electron chi connectivity index (χ4n) is 1.58. The molecule has 0 radical (unpaired) electrons. The summed E-state index contributed by atoms with van der Waals surface area (Å²) >= 11 is 0. The first-order valence-corrected chi connectivity index (χ1v) is 5.46. The third kappa shape index (κ3) is 3.69. The van der Waals surface area contributed by atoms with Crippen LogP contribution in [0, 0.1) is 6.92 Å². The van der Waals surface area contributed by atoms with E-state index in [0.717, 1.165) is 0 Å². The average Bonchev–Trinajstić information content (AvgIpc) is 2.73. The molecule has 0 atom stereocenters. The molecule has 1 aromatic carbocycles. The second-order valence-corrected chi connectivity index (χ2v) is 4.02. The van der Waals surface area contributed by atoms with Gasteiger partial charge < -0.3 is 15.2 Å². The van der Waals surface area contributed by atoms with Crippen molar-refractivity contribution in [3.63, 3.8) is 0 Å². The lowest BCUT2D eigenvalue weighted by atomic mass is 10.2. The number of nitrogens with two attached hydrogens (primary N) is 1. The van der Waals surface area contributed by atoms with Crippen LogP contribution in [-0.2, 0) is 6.54 Å². The smallest absolute Gasteiger partial charge is 0.254 e. The van der Waals surface area contributed by atoms with Gasteiger partial charge in [0.05, 0.1) is 6.54 Å². The van der Waals surface area contributed by atoms with Gasteiger partial charge in [0.1, 0.15) is 0 Å². The van der Waals surface area contributed by atoms with E-state index in [9.17, 15) is 4.79 Å². The fourth-order valence-corrected chi connectivity index (χ4v) is 1.58. The van der Waals surface area contributed by atoms with E-state index in [0.29, 0.717) is 29.5 Å². The van der Waals surface area contributed by atoms with Crippen LogP contribution in [0.25, 0.3) is 0 Å². The van der Waals surface area contributed by atoms with Gasteiger partial charge in [0, 0.05) is 25.2 Å². The molecule has 0 aliphatic rings. The summed E-state index contributed by atoms with van der Waals surface area (Å²) in [6.45, 7) is 2.00. The van der Waals surface area contributed by atoms with Crippen LogP contribution >= 0.6 is 12.4 Å². The summed E-state index contributed by atoms with van der Waals surface area (Å²) in [7, 11) is 1.68. The van der Waals surface area contributed by atoms with Crippen molar-refractivity contribution in [1.29, 1.82) is 0 Å². The van der Waals surface area contributed by atoms with E-state index < -0.39 is 0 Å². The number of aromatic nitrogens is 2. The number of carbonyl (C=O) groups excluding carboxylic acids is 1. The average molecular weight is 283 g/mol. The Labute approximate surface area is 117 Å². The van der Waals surface area contributed by atoms with E-state index in [-0.39, 0.29) is 18.3 Å². The Morgan fingerprint density at radius 3 is 2.79 bits per heavy atom. The number of anilines is 1. The number of hydrogen-bond acceptors (Lipinski definition) is 5. The number of carbonyl (C=O) groups is 1. The van der Waals surface area contributed by atoms with Gasteiger partial charge in [-0.2, -0.15) is 4.98 Å². The maximum Gasteiger partial charge on any atom is 0.254 e. The van der Waals surface area contributed by atoms with Crippen molar-refractivity contribution >= 4 is 24.0 Å². The van der Waals surface area contributed by atoms with Gasteiger partial charge in [0.25, 0.3) is 5.91 Å². The second-order valence-electron chi connectivity index (χ2n) is 4.02. The van der Waals surface area contributed by atoms with E-state index in [2.05, 4.69) is 10.1 Å². The molecule has 7 heteroatoms. The van der Waals surface area contributed by atoms with Crippen molar-refractivity contribution in [1.82, 2.24) is 15.0 Å². The predicted molar refractivity (Wildman–Crippen MR) is 72.9 cm³/mol. The van der Waals surface area contributed by atoms with Gasteiger partial charge in [-0.1, -0.05) is 11.2 Å². The van der Waals surface area contributed by atoms with Crippen LogP contribution in [0.2, 0.25) is 0 Å². The van der Waals surface area contributed by atoms with Crippen molar-refractivity contribution in [3.05, 3.63) is 41.5 Å². The lowest BCUT2D eigenvalue weighted by Crippen LogP contribution is -2.26. The molecule has 2 rings (SSSR count). The number of hydrogen-bond donors (Lipinski definition) is 1. The molecule has 0 aliphatic heterocycles. The molecule has 1 amide bonds. The van der Waals surface area contributed by atoms with E-state index in [1.165, 1.54) is 4.90 Å². The summed E-state index contributed by atoms with van der Waals surface area (Å²) in [5, 5.41) is 3.74. The van der Waals surface area contributed by atoms with Gasteiger partial charge in [0.2, 0.25) is 5.89 Å². The summed E-state index contributed by atoms with van der Waals surface area (Å²) in [5.41, 5.74) is 6.74. The van der Waals surface area contributed by atoms with Crippen LogP contribution in [0.4, 0.5) is 5.69 Å². The summed E-state index contributed by atoms with van der Waals surface area (Å²) in [6, 6.07) is 6.84. The zero-order valence-corrected chi connectivity index (χ0v) is 11.5. The van der Waals surface area contributed by atoms with Crippen molar-refractivity contribution in [3.8, 4) is 0 Å². The van der Waals surface area contributed by atoms with Gasteiger partial charge in [-0.05, 0) is 18.2 Å². The molecule has 0 saturated heterocycles. The highest BCUT2D eigenvalue weighted by atomic mass is 35.5. The minimum Gasteiger partial charge on any atom is -0.399 e. The Morgan fingerprint density at radius 2 is 2.21 bits per heavy atom. The maximum atomic E-state index is 12.1. The first kappa shape index (κ1) is 15.0. The second kappa shape index (κ2) is 6.19. The molecule has 6 nitrogen and oxygen atoms in total. The first-order valence-electron chi connectivity index (χ1n) is 5.46. The van der Waals surface area contributed by atoms with Gasteiger partial charge >= 0.3 is 0 Å². The molecule has 0 fully saturated rings. The van der Waals surface area contributed by atoms with Crippen molar-refractivity contribution in [2.75, 3.05) is 12.8 Å². The molecular formula is C12H15ClN4O2. The number of aryl methyl sites for hydroxylation is 1. The van der Waals surface area contributed by atoms with Gasteiger partial charge in [0.15, 0.2) is 5.82 Å². The van der Waals surface area contributed by atoms with E-state index in [4.69, 9.17) is 10.3 Å². The van der Waals surface area contributed by atoms with Crippen LogP contribution in [0.1, 0.15) is 22.1 Å². The molecule has 19 heavy (non-hydrogen) atoms. The Morgan fingerprint density at radius 1 is 1.47 bits per heavy atom. The van der Waals surface area contributed by atoms with E-state index in [1.54, 1.807) is 38.2 Å². The molecular weight excluding hydrogens is 268 g/mol. The molecule has 2 N–H and O–H groups in total. The Bertz CT molecular complexity index is 570. The fraction of sp³-hybridized carbons (Fsp3) is 0.250. The zero-order chi connectivity index (χ0) is 13.1. The Kier molecular flexibility index (Phi) is 4.88. The van der Waals surface area contributed by atoms with Crippen LogP contribution in [0.3, 0.4) is 0 Å². The standard InChI is InChI=1S/C12H14N4O2.ClH/c1-8-14-11(15-18-8)7-16(2)12(17)9-4-3-5-10(13)6-9;/h3-6H,7,13H2,1-2H3;1H. The molecule has 0 saturated carbocycles. The topological polar surface area (TPSA) is 85.2 Å². The lowest BCUT2D eigenvalue weighted by Gasteiger charge is -2.15. The molecule has 0 aliphatic carbocycles. The highest BCUT2D eigenvalue weighted by Crippen LogP contribution is 2.10. The highest BCUT2D eigenvalue weighted by Gasteiger charge is 2.14. The summed E-state index contributed by atoms with van der Waals surface area (Å²) in [5.74, 6) is 0.826. The monoisotopic (exact) mass is 282 g/mol. The molecule has 102 valence electrons. The van der Waals surface area contributed by atoms with Gasteiger partial charge in [-0.3, -0.25) is 4.79 Å².